The number of amides is 1. The van der Waals surface area contributed by atoms with Gasteiger partial charge in [-0.1, -0.05) is 18.2 Å². The van der Waals surface area contributed by atoms with Crippen molar-refractivity contribution in [1.29, 1.82) is 5.41 Å². The topological polar surface area (TPSA) is 82.4 Å². The zero-order valence-electron chi connectivity index (χ0n) is 9.72. The average molecular weight is 246 g/mol. The molecule has 1 amide bonds. The summed E-state index contributed by atoms with van der Waals surface area (Å²) in [6, 6.07) is 8.54. The van der Waals surface area contributed by atoms with Crippen molar-refractivity contribution in [3.63, 3.8) is 0 Å². The van der Waals surface area contributed by atoms with Gasteiger partial charge in [-0.3, -0.25) is 5.32 Å². The Morgan fingerprint density at radius 1 is 1.39 bits per heavy atom. The molecule has 0 aliphatic heterocycles. The van der Waals surface area contributed by atoms with E-state index in [2.05, 4.69) is 5.32 Å². The third-order valence-corrected chi connectivity index (χ3v) is 2.49. The Balaban J connectivity index is 1.85. The van der Waals surface area contributed by atoms with Crippen LogP contribution in [0.25, 0.3) is 0 Å². The zero-order valence-corrected chi connectivity index (χ0v) is 9.72. The molecule has 0 saturated heterocycles. The van der Waals surface area contributed by atoms with Gasteiger partial charge in [0.2, 0.25) is 0 Å². The molecule has 2 rings (SSSR count). The molecule has 0 radical (unpaired) electrons. The molecule has 5 heteroatoms. The number of aliphatic hydroxyl groups is 1. The minimum absolute atomic E-state index is 0.221. The first-order valence-corrected chi connectivity index (χ1v) is 5.68. The van der Waals surface area contributed by atoms with Crippen LogP contribution < -0.4 is 10.1 Å². The fraction of sp³-hybridized carbons (Fsp3) is 0.231. The van der Waals surface area contributed by atoms with E-state index in [1.807, 2.05) is 0 Å². The molecule has 0 unspecified atom stereocenters. The summed E-state index contributed by atoms with van der Waals surface area (Å²) in [5.41, 5.74) is 0.326. The van der Waals surface area contributed by atoms with Gasteiger partial charge in [0.15, 0.2) is 5.88 Å². The summed E-state index contributed by atoms with van der Waals surface area (Å²) >= 11 is 0. The minimum Gasteiger partial charge on any atom is -0.494 e. The molecule has 3 N–H and O–H groups in total. The maximum absolute atomic E-state index is 11.4. The second-order valence-corrected chi connectivity index (χ2v) is 4.09. The molecule has 0 heterocycles. The molecule has 18 heavy (non-hydrogen) atoms. The van der Waals surface area contributed by atoms with Crippen molar-refractivity contribution in [2.45, 2.75) is 12.8 Å². The van der Waals surface area contributed by atoms with Crippen molar-refractivity contribution < 1.29 is 14.6 Å². The zero-order chi connectivity index (χ0) is 13.0. The first-order chi connectivity index (χ1) is 8.65. The summed E-state index contributed by atoms with van der Waals surface area (Å²) in [7, 11) is 0. The third kappa shape index (κ3) is 3.62. The van der Waals surface area contributed by atoms with Gasteiger partial charge in [-0.05, 0) is 25.0 Å². The lowest BCUT2D eigenvalue weighted by atomic mass is 10.2. The highest BCUT2D eigenvalue weighted by atomic mass is 16.6. The largest absolute Gasteiger partial charge is 0.494 e. The van der Waals surface area contributed by atoms with E-state index in [0.29, 0.717) is 11.5 Å². The molecule has 0 bridgehead atoms. The first kappa shape index (κ1) is 12.2. The summed E-state index contributed by atoms with van der Waals surface area (Å²) in [6.45, 7) is 0. The van der Waals surface area contributed by atoms with Crippen molar-refractivity contribution >= 4 is 11.8 Å². The molecule has 1 aromatic rings. The van der Waals surface area contributed by atoms with Gasteiger partial charge in [0.1, 0.15) is 5.75 Å². The molecular formula is C13H14N2O3. The van der Waals surface area contributed by atoms with E-state index in [4.69, 9.17) is 10.1 Å². The van der Waals surface area contributed by atoms with Crippen molar-refractivity contribution in [3.05, 3.63) is 42.3 Å². The number of rotatable bonds is 4. The van der Waals surface area contributed by atoms with E-state index >= 15 is 0 Å². The molecule has 0 spiro atoms. The molecule has 1 saturated carbocycles. The normalized spacial score (nSPS) is 15.0. The Bertz CT molecular complexity index is 478. The van der Waals surface area contributed by atoms with E-state index in [1.165, 1.54) is 6.08 Å². The lowest BCUT2D eigenvalue weighted by Crippen LogP contribution is -2.26. The Morgan fingerprint density at radius 2 is 2.06 bits per heavy atom. The summed E-state index contributed by atoms with van der Waals surface area (Å²) in [5.74, 6) is 0.243. The predicted molar refractivity (Wildman–Crippen MR) is 66.8 cm³/mol. The number of nitrogens with one attached hydrogen (secondary N) is 2. The van der Waals surface area contributed by atoms with Gasteiger partial charge in [0.05, 0.1) is 0 Å². The molecule has 94 valence electrons. The van der Waals surface area contributed by atoms with E-state index in [-0.39, 0.29) is 11.8 Å². The third-order valence-electron chi connectivity index (χ3n) is 2.49. The Kier molecular flexibility index (Phi) is 3.62. The van der Waals surface area contributed by atoms with Crippen LogP contribution in [0.3, 0.4) is 0 Å². The van der Waals surface area contributed by atoms with Gasteiger partial charge >= 0.3 is 6.09 Å². The monoisotopic (exact) mass is 246 g/mol. The fourth-order valence-electron chi connectivity index (χ4n) is 1.42. The molecule has 1 aliphatic rings. The molecule has 1 aliphatic carbocycles. The van der Waals surface area contributed by atoms with Gasteiger partial charge in [0.25, 0.3) is 0 Å². The van der Waals surface area contributed by atoms with Crippen LogP contribution in [0.5, 0.6) is 5.75 Å². The number of para-hydroxylation sites is 1. The van der Waals surface area contributed by atoms with Crippen LogP contribution in [0.4, 0.5) is 4.79 Å². The second kappa shape index (κ2) is 5.35. The van der Waals surface area contributed by atoms with E-state index < -0.39 is 6.09 Å². The SMILES string of the molecule is N=C(/C=C(\O)NC(=O)Oc1ccccc1)C1CC1. The number of aliphatic hydroxyl groups excluding tert-OH is 1. The number of carbonyl (C=O) groups is 1. The van der Waals surface area contributed by atoms with Crippen molar-refractivity contribution in [3.8, 4) is 5.75 Å². The first-order valence-electron chi connectivity index (χ1n) is 5.68. The number of ether oxygens (including phenoxy) is 1. The second-order valence-electron chi connectivity index (χ2n) is 4.09. The summed E-state index contributed by atoms with van der Waals surface area (Å²) < 4.78 is 4.92. The molecule has 1 aromatic carbocycles. The van der Waals surface area contributed by atoms with Gasteiger partial charge in [-0.25, -0.2) is 4.79 Å². The smallest absolute Gasteiger partial charge is 0.419 e. The van der Waals surface area contributed by atoms with Crippen LogP contribution in [0.1, 0.15) is 12.8 Å². The van der Waals surface area contributed by atoms with E-state index in [1.54, 1.807) is 30.3 Å². The Labute approximate surface area is 105 Å². The molecule has 0 atom stereocenters. The summed E-state index contributed by atoms with van der Waals surface area (Å²) in [5, 5.41) is 19.2. The van der Waals surface area contributed by atoms with Crippen LogP contribution in [-0.2, 0) is 0 Å². The molecule has 1 fully saturated rings. The van der Waals surface area contributed by atoms with Crippen LogP contribution >= 0.6 is 0 Å². The Hall–Kier alpha value is -2.30. The van der Waals surface area contributed by atoms with Crippen molar-refractivity contribution in [2.75, 3.05) is 0 Å². The van der Waals surface area contributed by atoms with Crippen molar-refractivity contribution in [1.82, 2.24) is 5.32 Å². The Morgan fingerprint density at radius 3 is 2.67 bits per heavy atom. The van der Waals surface area contributed by atoms with Crippen LogP contribution in [0.2, 0.25) is 0 Å². The maximum Gasteiger partial charge on any atom is 0.419 e. The van der Waals surface area contributed by atoms with Crippen LogP contribution in [-0.4, -0.2) is 16.9 Å². The van der Waals surface area contributed by atoms with E-state index in [0.717, 1.165) is 12.8 Å². The van der Waals surface area contributed by atoms with Gasteiger partial charge in [-0.15, -0.1) is 0 Å². The lowest BCUT2D eigenvalue weighted by molar-refractivity contribution is 0.196. The number of hydrogen-bond acceptors (Lipinski definition) is 4. The number of carbonyl (C=O) groups excluding carboxylic acids is 1. The lowest BCUT2D eigenvalue weighted by Gasteiger charge is -2.05. The highest BCUT2D eigenvalue weighted by Crippen LogP contribution is 2.30. The standard InChI is InChI=1S/C13H14N2O3/c14-11(9-6-7-9)8-12(16)15-13(17)18-10-4-2-1-3-5-10/h1-5,8-9,14,16H,6-7H2,(H,15,17)/b12-8-,14-11?. The molecule has 5 nitrogen and oxygen atoms in total. The number of benzene rings is 1. The average Bonchev–Trinajstić information content (AvgIpc) is 3.13. The fourth-order valence-corrected chi connectivity index (χ4v) is 1.42. The van der Waals surface area contributed by atoms with Gasteiger partial charge < -0.3 is 15.3 Å². The number of hydrogen-bond donors (Lipinski definition) is 3. The van der Waals surface area contributed by atoms with Crippen molar-refractivity contribution in [2.24, 2.45) is 5.92 Å². The highest BCUT2D eigenvalue weighted by molar-refractivity contribution is 5.96. The quantitative estimate of drug-likeness (QED) is 0.564. The maximum atomic E-state index is 11.4. The van der Waals surface area contributed by atoms with Gasteiger partial charge in [-0.2, -0.15) is 0 Å². The molecular weight excluding hydrogens is 232 g/mol. The van der Waals surface area contributed by atoms with Gasteiger partial charge in [0, 0.05) is 17.7 Å². The van der Waals surface area contributed by atoms with Crippen LogP contribution in [0, 0.1) is 11.3 Å². The van der Waals surface area contributed by atoms with Crippen LogP contribution in [0.15, 0.2) is 42.3 Å². The predicted octanol–water partition coefficient (Wildman–Crippen LogP) is 2.60. The van der Waals surface area contributed by atoms with E-state index in [9.17, 15) is 9.90 Å². The molecule has 0 aromatic heterocycles. The highest BCUT2D eigenvalue weighted by Gasteiger charge is 2.25. The summed E-state index contributed by atoms with van der Waals surface area (Å²) in [6.07, 6.45) is 2.40. The minimum atomic E-state index is -0.779. The number of allylic oxidation sites excluding steroid dienone is 1. The summed E-state index contributed by atoms with van der Waals surface area (Å²) in [4.78, 5) is 11.4.